The molecule has 0 saturated carbocycles. The van der Waals surface area contributed by atoms with Crippen molar-refractivity contribution in [1.82, 2.24) is 10.5 Å². The van der Waals surface area contributed by atoms with Crippen LogP contribution in [0.1, 0.15) is 11.1 Å². The first-order valence-electron chi connectivity index (χ1n) is 7.14. The summed E-state index contributed by atoms with van der Waals surface area (Å²) in [5.41, 5.74) is 11.2. The maximum Gasteiger partial charge on any atom is 0.149 e. The van der Waals surface area contributed by atoms with Gasteiger partial charge >= 0.3 is 0 Å². The fourth-order valence-electron chi connectivity index (χ4n) is 2.39. The van der Waals surface area contributed by atoms with Gasteiger partial charge in [-0.15, -0.1) is 0 Å². The lowest BCUT2D eigenvalue weighted by atomic mass is 10.1. The third-order valence-electron chi connectivity index (χ3n) is 3.57. The third kappa shape index (κ3) is 3.22. The zero-order valence-electron chi connectivity index (χ0n) is 12.4. The summed E-state index contributed by atoms with van der Waals surface area (Å²) in [4.78, 5) is 4.32. The normalized spacial score (nSPS) is 10.5. The molecule has 3 rings (SSSR count). The fourth-order valence-corrected chi connectivity index (χ4v) is 2.39. The molecule has 3 aromatic rings. The minimum Gasteiger partial charge on any atom is -0.384 e. The summed E-state index contributed by atoms with van der Waals surface area (Å²) < 4.78 is 0. The molecular weight excluding hydrogens is 290 g/mol. The molecule has 0 bridgehead atoms. The summed E-state index contributed by atoms with van der Waals surface area (Å²) in [5.74, 6) is 0.446. The molecule has 23 heavy (non-hydrogen) atoms. The number of nitrogens with two attached hydrogens (primary N) is 1. The van der Waals surface area contributed by atoms with E-state index in [0.29, 0.717) is 17.9 Å². The van der Waals surface area contributed by atoms with Crippen LogP contribution in [-0.2, 0) is 6.54 Å². The van der Waals surface area contributed by atoms with E-state index in [9.17, 15) is 0 Å². The molecule has 0 atom stereocenters. The zero-order chi connectivity index (χ0) is 16.2. The number of pyridine rings is 1. The number of nitrogens with zero attached hydrogens (tertiary/aromatic N) is 1. The summed E-state index contributed by atoms with van der Waals surface area (Å²) in [6.07, 6.45) is 0. The van der Waals surface area contributed by atoms with Crippen LogP contribution in [0, 0.1) is 5.41 Å². The van der Waals surface area contributed by atoms with Crippen LogP contribution >= 0.6 is 0 Å². The van der Waals surface area contributed by atoms with Crippen LogP contribution in [0.5, 0.6) is 0 Å². The standard InChI is InChI=1S/C17H17N5O/c18-16-9-15(13-3-1-2-4-14(13)21-16)20-10-11-5-7-12(8-6-11)17(19)22-23/h1-9,23H,10H2,(H2,19,22)(H3,18,20,21). The number of hydrogen-bond acceptors (Lipinski definition) is 5. The van der Waals surface area contributed by atoms with E-state index < -0.39 is 0 Å². The smallest absolute Gasteiger partial charge is 0.149 e. The van der Waals surface area contributed by atoms with Crippen molar-refractivity contribution in [3.8, 4) is 0 Å². The Morgan fingerprint density at radius 3 is 2.61 bits per heavy atom. The predicted molar refractivity (Wildman–Crippen MR) is 91.7 cm³/mol. The second kappa shape index (κ2) is 6.33. The molecule has 0 saturated heterocycles. The minimum absolute atomic E-state index is 0.0302. The Morgan fingerprint density at radius 2 is 1.87 bits per heavy atom. The summed E-state index contributed by atoms with van der Waals surface area (Å²) in [6.45, 7) is 0.619. The molecule has 0 amide bonds. The number of anilines is 2. The average molecular weight is 307 g/mol. The van der Waals surface area contributed by atoms with Crippen LogP contribution in [0.3, 0.4) is 0 Å². The van der Waals surface area contributed by atoms with E-state index in [1.54, 1.807) is 12.1 Å². The van der Waals surface area contributed by atoms with E-state index in [1.807, 2.05) is 47.9 Å². The SMILES string of the molecule is N=C(NO)c1ccc(CNc2cc(N)nc3ccccc23)cc1. The Balaban J connectivity index is 1.79. The maximum atomic E-state index is 8.73. The van der Waals surface area contributed by atoms with Gasteiger partial charge in [-0.05, 0) is 11.6 Å². The zero-order valence-corrected chi connectivity index (χ0v) is 12.4. The lowest BCUT2D eigenvalue weighted by molar-refractivity contribution is 0.234. The number of rotatable bonds is 4. The van der Waals surface area contributed by atoms with Crippen molar-refractivity contribution in [2.24, 2.45) is 0 Å². The van der Waals surface area contributed by atoms with Gasteiger partial charge in [-0.25, -0.2) is 4.98 Å². The molecule has 0 aliphatic carbocycles. The van der Waals surface area contributed by atoms with Crippen molar-refractivity contribution in [2.45, 2.75) is 6.54 Å². The first-order chi connectivity index (χ1) is 11.2. The molecule has 0 fully saturated rings. The predicted octanol–water partition coefficient (Wildman–Crippen LogP) is 2.73. The molecule has 1 heterocycles. The van der Waals surface area contributed by atoms with Gasteiger partial charge < -0.3 is 11.1 Å². The molecule has 1 aromatic heterocycles. The first-order valence-corrected chi connectivity index (χ1v) is 7.14. The Labute approximate surface area is 133 Å². The second-order valence-corrected chi connectivity index (χ2v) is 5.15. The van der Waals surface area contributed by atoms with Gasteiger partial charge in [-0.3, -0.25) is 16.1 Å². The van der Waals surface area contributed by atoms with E-state index in [-0.39, 0.29) is 5.84 Å². The van der Waals surface area contributed by atoms with E-state index in [1.165, 1.54) is 0 Å². The quantitative estimate of drug-likeness (QED) is 0.289. The molecule has 6 nitrogen and oxygen atoms in total. The lowest BCUT2D eigenvalue weighted by Gasteiger charge is -2.11. The van der Waals surface area contributed by atoms with Gasteiger partial charge in [0.2, 0.25) is 0 Å². The summed E-state index contributed by atoms with van der Waals surface area (Å²) in [6, 6.07) is 17.0. The highest BCUT2D eigenvalue weighted by atomic mass is 16.5. The van der Waals surface area contributed by atoms with Crippen LogP contribution in [0.15, 0.2) is 54.6 Å². The van der Waals surface area contributed by atoms with Crippen molar-refractivity contribution in [1.29, 1.82) is 5.41 Å². The number of hydroxylamine groups is 1. The van der Waals surface area contributed by atoms with E-state index >= 15 is 0 Å². The molecule has 0 spiro atoms. The molecule has 0 radical (unpaired) electrons. The van der Waals surface area contributed by atoms with Crippen LogP contribution in [0.2, 0.25) is 0 Å². The van der Waals surface area contributed by atoms with Gasteiger partial charge in [0.05, 0.1) is 5.52 Å². The van der Waals surface area contributed by atoms with Crippen LogP contribution < -0.4 is 16.5 Å². The minimum atomic E-state index is -0.0302. The highest BCUT2D eigenvalue weighted by Gasteiger charge is 2.04. The molecule has 0 aliphatic heterocycles. The Hall–Kier alpha value is -3.12. The molecule has 6 heteroatoms. The van der Waals surface area contributed by atoms with Crippen LogP contribution in [0.4, 0.5) is 11.5 Å². The maximum absolute atomic E-state index is 8.73. The summed E-state index contributed by atoms with van der Waals surface area (Å²) >= 11 is 0. The van der Waals surface area contributed by atoms with Gasteiger partial charge in [-0.2, -0.15) is 0 Å². The highest BCUT2D eigenvalue weighted by molar-refractivity contribution is 5.95. The first kappa shape index (κ1) is 14.8. The van der Waals surface area contributed by atoms with Crippen molar-refractivity contribution < 1.29 is 5.21 Å². The topological polar surface area (TPSA) is 107 Å². The monoisotopic (exact) mass is 307 g/mol. The third-order valence-corrected chi connectivity index (χ3v) is 3.57. The molecule has 0 aliphatic rings. The number of benzene rings is 2. The van der Waals surface area contributed by atoms with Gasteiger partial charge in [0.25, 0.3) is 0 Å². The molecule has 0 unspecified atom stereocenters. The Bertz CT molecular complexity index is 845. The van der Waals surface area contributed by atoms with Crippen LogP contribution in [-0.4, -0.2) is 16.0 Å². The van der Waals surface area contributed by atoms with Gasteiger partial charge in [0, 0.05) is 29.2 Å². The number of amidine groups is 1. The van der Waals surface area contributed by atoms with Crippen molar-refractivity contribution >= 4 is 28.2 Å². The number of nitrogen functional groups attached to an aromatic ring is 1. The van der Waals surface area contributed by atoms with E-state index in [0.717, 1.165) is 22.2 Å². The van der Waals surface area contributed by atoms with Gasteiger partial charge in [0.1, 0.15) is 11.7 Å². The van der Waals surface area contributed by atoms with Crippen molar-refractivity contribution in [2.75, 3.05) is 11.1 Å². The largest absolute Gasteiger partial charge is 0.384 e. The van der Waals surface area contributed by atoms with Gasteiger partial charge in [-0.1, -0.05) is 42.5 Å². The fraction of sp³-hybridized carbons (Fsp3) is 0.0588. The Morgan fingerprint density at radius 1 is 1.13 bits per heavy atom. The second-order valence-electron chi connectivity index (χ2n) is 5.15. The van der Waals surface area contributed by atoms with Crippen LogP contribution in [0.25, 0.3) is 10.9 Å². The molecule has 2 aromatic carbocycles. The number of fused-ring (bicyclic) bond motifs is 1. The number of para-hydroxylation sites is 1. The number of aromatic nitrogens is 1. The van der Waals surface area contributed by atoms with E-state index in [4.69, 9.17) is 16.4 Å². The van der Waals surface area contributed by atoms with E-state index in [2.05, 4.69) is 10.3 Å². The number of hydrogen-bond donors (Lipinski definition) is 5. The summed E-state index contributed by atoms with van der Waals surface area (Å²) in [5, 5.41) is 20.6. The van der Waals surface area contributed by atoms with Gasteiger partial charge in [0.15, 0.2) is 0 Å². The lowest BCUT2D eigenvalue weighted by Crippen LogP contribution is -2.18. The summed E-state index contributed by atoms with van der Waals surface area (Å²) in [7, 11) is 0. The average Bonchev–Trinajstić information content (AvgIpc) is 2.59. The highest BCUT2D eigenvalue weighted by Crippen LogP contribution is 2.24. The number of nitrogens with one attached hydrogen (secondary N) is 3. The molecular formula is C17H17N5O. The molecule has 116 valence electrons. The molecule has 6 N–H and O–H groups in total. The van der Waals surface area contributed by atoms with Crippen molar-refractivity contribution in [3.63, 3.8) is 0 Å². The van der Waals surface area contributed by atoms with Crippen molar-refractivity contribution in [3.05, 3.63) is 65.7 Å². The Kier molecular flexibility index (Phi) is 4.07.